The summed E-state index contributed by atoms with van der Waals surface area (Å²) in [4.78, 5) is 60.5. The van der Waals surface area contributed by atoms with Crippen LogP contribution >= 0.6 is 7.82 Å². The van der Waals surface area contributed by atoms with E-state index >= 15 is 0 Å². The van der Waals surface area contributed by atoms with E-state index in [1.165, 1.54) is 24.3 Å². The van der Waals surface area contributed by atoms with Crippen LogP contribution in [0.5, 0.6) is 11.5 Å². The zero-order chi connectivity index (χ0) is 33.1. The molecule has 244 valence electrons. The van der Waals surface area contributed by atoms with Crippen molar-refractivity contribution in [2.45, 2.75) is 71.4 Å². The first-order valence-corrected chi connectivity index (χ1v) is 15.0. The molecule has 6 atom stereocenters. The van der Waals surface area contributed by atoms with E-state index < -0.39 is 81.1 Å². The highest BCUT2D eigenvalue weighted by molar-refractivity contribution is 7.49. The summed E-state index contributed by atoms with van der Waals surface area (Å²) in [7, 11) is -4.79. The van der Waals surface area contributed by atoms with Gasteiger partial charge in [-0.2, -0.15) is 0 Å². The van der Waals surface area contributed by atoms with Crippen LogP contribution in [0, 0.1) is 0 Å². The fraction of sp³-hybridized carbons (Fsp3) is 0.414. The van der Waals surface area contributed by atoms with Gasteiger partial charge in [0, 0.05) is 34.6 Å². The molecule has 16 heteroatoms. The zero-order valence-electron chi connectivity index (χ0n) is 25.0. The number of hydrogen-bond donors (Lipinski definition) is 0. The lowest BCUT2D eigenvalue weighted by Crippen LogP contribution is -2.65. The molecule has 45 heavy (non-hydrogen) atoms. The highest BCUT2D eigenvalue weighted by Gasteiger charge is 2.57. The predicted molar refractivity (Wildman–Crippen MR) is 150 cm³/mol. The van der Waals surface area contributed by atoms with Gasteiger partial charge in [0.2, 0.25) is 6.29 Å². The number of carbonyl (C=O) groups is 5. The Balaban J connectivity index is 2.15. The van der Waals surface area contributed by atoms with Crippen molar-refractivity contribution in [1.82, 2.24) is 0 Å². The fourth-order valence-electron chi connectivity index (χ4n) is 4.21. The van der Waals surface area contributed by atoms with E-state index in [-0.39, 0.29) is 11.5 Å². The van der Waals surface area contributed by atoms with Gasteiger partial charge in [-0.3, -0.25) is 24.0 Å². The number of ether oxygens (including phenoxy) is 6. The van der Waals surface area contributed by atoms with Crippen molar-refractivity contribution in [2.24, 2.45) is 0 Å². The van der Waals surface area contributed by atoms with E-state index in [2.05, 4.69) is 0 Å². The van der Waals surface area contributed by atoms with E-state index in [9.17, 15) is 28.5 Å². The summed E-state index contributed by atoms with van der Waals surface area (Å²) in [6.07, 6.45) is -10.2. The van der Waals surface area contributed by atoms with Gasteiger partial charge < -0.3 is 37.5 Å². The maximum atomic E-state index is 14.3. The minimum atomic E-state index is -4.79. The number of esters is 5. The second-order valence-corrected chi connectivity index (χ2v) is 11.0. The molecule has 2 aromatic rings. The van der Waals surface area contributed by atoms with E-state index in [0.717, 1.165) is 34.6 Å². The third-order valence-electron chi connectivity index (χ3n) is 5.73. The van der Waals surface area contributed by atoms with Crippen LogP contribution < -0.4 is 9.05 Å². The molecular formula is C29H33O15P. The van der Waals surface area contributed by atoms with E-state index in [1.54, 1.807) is 36.4 Å². The second-order valence-electron chi connectivity index (χ2n) is 9.50. The summed E-state index contributed by atoms with van der Waals surface area (Å²) < 4.78 is 64.0. The summed E-state index contributed by atoms with van der Waals surface area (Å²) in [6, 6.07) is 15.6. The van der Waals surface area contributed by atoms with Gasteiger partial charge in [0.05, 0.1) is 0 Å². The summed E-state index contributed by atoms with van der Waals surface area (Å²) in [5.74, 6) is -4.25. The number of rotatable bonds is 13. The van der Waals surface area contributed by atoms with Gasteiger partial charge in [0.1, 0.15) is 24.2 Å². The maximum Gasteiger partial charge on any atom is 0.590 e. The topological polar surface area (TPSA) is 185 Å². The number of para-hydroxylation sites is 2. The van der Waals surface area contributed by atoms with Gasteiger partial charge >= 0.3 is 37.7 Å². The highest BCUT2D eigenvalue weighted by atomic mass is 31.2. The van der Waals surface area contributed by atoms with Crippen LogP contribution in [0.2, 0.25) is 0 Å². The Morgan fingerprint density at radius 2 is 1.13 bits per heavy atom. The Morgan fingerprint density at radius 1 is 0.667 bits per heavy atom. The van der Waals surface area contributed by atoms with Crippen molar-refractivity contribution in [3.05, 3.63) is 60.7 Å². The Hall–Kier alpha value is -4.46. The lowest BCUT2D eigenvalue weighted by atomic mass is 9.94. The molecule has 0 aliphatic carbocycles. The number of hydrogen-bond acceptors (Lipinski definition) is 15. The summed E-state index contributed by atoms with van der Waals surface area (Å²) in [5.41, 5.74) is 0. The summed E-state index contributed by atoms with van der Waals surface area (Å²) in [6.45, 7) is 4.62. The quantitative estimate of drug-likeness (QED) is 0.174. The monoisotopic (exact) mass is 652 g/mol. The van der Waals surface area contributed by atoms with E-state index in [0.29, 0.717) is 0 Å². The van der Waals surface area contributed by atoms with Gasteiger partial charge in [-0.25, -0.2) is 9.09 Å². The average Bonchev–Trinajstić information content (AvgIpc) is 2.94. The molecule has 1 unspecified atom stereocenters. The molecule has 1 saturated heterocycles. The standard InChI is InChI=1S/C29H33O15P/c1-17(30)36-16-24(37-18(2)31)25-26(38-19(3)32)27(39-20(4)33)28(40-21(5)34)29(41-25)44-45(35,42-22-12-8-6-9-13-22)43-23-14-10-7-11-15-23/h6-15,24-29H,16H2,1-5H3/t24?,25-,26-,27+,28+,29+/m1/s1. The molecule has 0 saturated carbocycles. The molecule has 3 rings (SSSR count). The smallest absolute Gasteiger partial charge is 0.462 e. The molecule has 1 aliphatic rings. The third-order valence-corrected chi connectivity index (χ3v) is 7.06. The second kappa shape index (κ2) is 16.0. The molecule has 0 aromatic heterocycles. The Bertz CT molecular complexity index is 1340. The summed E-state index contributed by atoms with van der Waals surface area (Å²) >= 11 is 0. The minimum Gasteiger partial charge on any atom is -0.462 e. The van der Waals surface area contributed by atoms with Crippen molar-refractivity contribution in [2.75, 3.05) is 6.61 Å². The number of benzene rings is 2. The van der Waals surface area contributed by atoms with Crippen molar-refractivity contribution >= 4 is 37.7 Å². The molecule has 0 N–H and O–H groups in total. The first-order chi connectivity index (χ1) is 21.3. The molecule has 0 bridgehead atoms. The normalized spacial score (nSPS) is 21.8. The molecule has 0 spiro atoms. The first kappa shape index (κ1) is 35.0. The fourth-order valence-corrected chi connectivity index (χ4v) is 5.51. The Kier molecular flexibility index (Phi) is 12.5. The van der Waals surface area contributed by atoms with Gasteiger partial charge in [0.25, 0.3) is 0 Å². The Morgan fingerprint density at radius 3 is 1.58 bits per heavy atom. The lowest BCUT2D eigenvalue weighted by Gasteiger charge is -2.45. The van der Waals surface area contributed by atoms with Crippen LogP contribution in [0.4, 0.5) is 0 Å². The number of phosphoric ester groups is 1. The molecular weight excluding hydrogens is 619 g/mol. The van der Waals surface area contributed by atoms with Gasteiger partial charge in [-0.1, -0.05) is 36.4 Å². The lowest BCUT2D eigenvalue weighted by molar-refractivity contribution is -0.301. The van der Waals surface area contributed by atoms with Crippen LogP contribution in [0.1, 0.15) is 34.6 Å². The zero-order valence-corrected chi connectivity index (χ0v) is 25.9. The van der Waals surface area contributed by atoms with Crippen LogP contribution in [-0.2, 0) is 61.5 Å². The van der Waals surface area contributed by atoms with Crippen molar-refractivity contribution in [3.63, 3.8) is 0 Å². The first-order valence-electron chi connectivity index (χ1n) is 13.5. The van der Waals surface area contributed by atoms with Crippen LogP contribution in [-0.4, -0.2) is 73.3 Å². The molecule has 0 amide bonds. The number of carbonyl (C=O) groups excluding carboxylic acids is 5. The Labute approximate surface area is 258 Å². The van der Waals surface area contributed by atoms with Crippen LogP contribution in [0.3, 0.4) is 0 Å². The molecule has 0 radical (unpaired) electrons. The predicted octanol–water partition coefficient (Wildman–Crippen LogP) is 3.28. The molecule has 2 aromatic carbocycles. The van der Waals surface area contributed by atoms with Crippen molar-refractivity contribution in [1.29, 1.82) is 0 Å². The molecule has 1 fully saturated rings. The largest absolute Gasteiger partial charge is 0.590 e. The average molecular weight is 653 g/mol. The minimum absolute atomic E-state index is 0.0510. The van der Waals surface area contributed by atoms with Gasteiger partial charge in [-0.05, 0) is 24.3 Å². The van der Waals surface area contributed by atoms with Crippen molar-refractivity contribution in [3.8, 4) is 11.5 Å². The summed E-state index contributed by atoms with van der Waals surface area (Å²) in [5, 5.41) is 0. The number of phosphoric acid groups is 1. The van der Waals surface area contributed by atoms with Gasteiger partial charge in [0.15, 0.2) is 24.4 Å². The van der Waals surface area contributed by atoms with Gasteiger partial charge in [-0.15, -0.1) is 0 Å². The highest BCUT2D eigenvalue weighted by Crippen LogP contribution is 2.52. The van der Waals surface area contributed by atoms with Crippen molar-refractivity contribution < 1.29 is 70.5 Å². The maximum absolute atomic E-state index is 14.3. The molecule has 15 nitrogen and oxygen atoms in total. The van der Waals surface area contributed by atoms with Crippen LogP contribution in [0.15, 0.2) is 60.7 Å². The van der Waals surface area contributed by atoms with E-state index in [1.807, 2.05) is 0 Å². The van der Waals surface area contributed by atoms with Crippen LogP contribution in [0.25, 0.3) is 0 Å². The molecule has 1 heterocycles. The SMILES string of the molecule is CC(=O)OCC(OC(C)=O)[C@H]1O[C@@H](OP(=O)(Oc2ccccc2)Oc2ccccc2)[C@@H](OC(C)=O)[C@@H](OC(C)=O)[C@@H]1OC(C)=O. The third kappa shape index (κ3) is 10.9. The van der Waals surface area contributed by atoms with E-state index in [4.69, 9.17) is 42.0 Å². The molecule has 1 aliphatic heterocycles.